The molecule has 0 aliphatic carbocycles. The molecule has 0 radical (unpaired) electrons. The zero-order valence-electron chi connectivity index (χ0n) is 27.0. The van der Waals surface area contributed by atoms with E-state index in [1.807, 2.05) is 0 Å². The first-order chi connectivity index (χ1) is 23.7. The Balaban J connectivity index is 2.20. The maximum Gasteiger partial charge on any atom is 0.335 e. The van der Waals surface area contributed by atoms with Gasteiger partial charge in [-0.05, 0) is 35.4 Å². The minimum Gasteiger partial charge on any atom is -0.492 e. The summed E-state index contributed by atoms with van der Waals surface area (Å²) in [7, 11) is 2.78. The average molecular weight is 661 g/mol. The molecule has 3 aromatic rings. The highest BCUT2D eigenvalue weighted by molar-refractivity contribution is 5.86. The van der Waals surface area contributed by atoms with Crippen molar-refractivity contribution in [3.63, 3.8) is 0 Å². The first-order valence-electron chi connectivity index (χ1n) is 14.4. The summed E-state index contributed by atoms with van der Waals surface area (Å²) in [5.41, 5.74) is 3.04. The molecule has 0 saturated carbocycles. The smallest absolute Gasteiger partial charge is 0.335 e. The maximum atomic E-state index is 12.6. The third-order valence-corrected chi connectivity index (χ3v) is 6.43. The lowest BCUT2D eigenvalue weighted by atomic mass is 9.98. The SMILES string of the molecule is C=CC(=O)OCc1ccc(C#Cc2c(COC(=O)C=C)c(OC(=O)C=C)c(C#Cc3ccc(COC(=O)C=C)cc3)c(OC)c2OC)cc1. The van der Waals surface area contributed by atoms with Crippen molar-refractivity contribution in [1.29, 1.82) is 0 Å². The highest BCUT2D eigenvalue weighted by Gasteiger charge is 2.27. The molecule has 0 heterocycles. The summed E-state index contributed by atoms with van der Waals surface area (Å²) >= 11 is 0. The summed E-state index contributed by atoms with van der Waals surface area (Å²) in [4.78, 5) is 47.6. The van der Waals surface area contributed by atoms with Gasteiger partial charge in [0, 0.05) is 35.4 Å². The van der Waals surface area contributed by atoms with Crippen molar-refractivity contribution in [3.05, 3.63) is 138 Å². The van der Waals surface area contributed by atoms with Gasteiger partial charge in [-0.2, -0.15) is 0 Å². The molecule has 0 atom stereocenters. The predicted octanol–water partition coefficient (Wildman–Crippen LogP) is 5.28. The fourth-order valence-corrected chi connectivity index (χ4v) is 4.03. The number of hydrogen-bond donors (Lipinski definition) is 0. The zero-order chi connectivity index (χ0) is 35.8. The summed E-state index contributed by atoms with van der Waals surface area (Å²) < 4.78 is 32.6. The van der Waals surface area contributed by atoms with Crippen LogP contribution in [0.4, 0.5) is 0 Å². The minimum atomic E-state index is -0.823. The second-order valence-electron chi connectivity index (χ2n) is 9.58. The summed E-state index contributed by atoms with van der Waals surface area (Å²) in [6, 6.07) is 13.8. The van der Waals surface area contributed by atoms with E-state index in [0.717, 1.165) is 35.4 Å². The van der Waals surface area contributed by atoms with E-state index in [0.29, 0.717) is 11.1 Å². The molecule has 49 heavy (non-hydrogen) atoms. The second-order valence-corrected chi connectivity index (χ2v) is 9.58. The van der Waals surface area contributed by atoms with Crippen molar-refractivity contribution in [2.45, 2.75) is 19.8 Å². The van der Waals surface area contributed by atoms with Gasteiger partial charge in [0.15, 0.2) is 17.2 Å². The summed E-state index contributed by atoms with van der Waals surface area (Å²) in [6.45, 7) is 13.4. The third-order valence-electron chi connectivity index (χ3n) is 6.43. The molecular weight excluding hydrogens is 628 g/mol. The van der Waals surface area contributed by atoms with Crippen molar-refractivity contribution < 1.29 is 47.6 Å². The Morgan fingerprint density at radius 2 is 0.918 bits per heavy atom. The van der Waals surface area contributed by atoms with Crippen molar-refractivity contribution in [2.75, 3.05) is 14.2 Å². The van der Waals surface area contributed by atoms with Crippen LogP contribution in [0.3, 0.4) is 0 Å². The van der Waals surface area contributed by atoms with Gasteiger partial charge in [0.2, 0.25) is 0 Å². The van der Waals surface area contributed by atoms with Gasteiger partial charge >= 0.3 is 23.9 Å². The number of ether oxygens (including phenoxy) is 6. The van der Waals surface area contributed by atoms with Crippen molar-refractivity contribution in [1.82, 2.24) is 0 Å². The Bertz CT molecular complexity index is 1890. The monoisotopic (exact) mass is 660 g/mol. The fourth-order valence-electron chi connectivity index (χ4n) is 4.03. The van der Waals surface area contributed by atoms with Crippen LogP contribution in [0.25, 0.3) is 0 Å². The van der Waals surface area contributed by atoms with Gasteiger partial charge in [-0.25, -0.2) is 19.2 Å². The Morgan fingerprint density at radius 1 is 0.531 bits per heavy atom. The van der Waals surface area contributed by atoms with Crippen LogP contribution in [0, 0.1) is 23.7 Å². The van der Waals surface area contributed by atoms with Crippen molar-refractivity contribution >= 4 is 23.9 Å². The van der Waals surface area contributed by atoms with Gasteiger partial charge in [0.05, 0.1) is 25.3 Å². The van der Waals surface area contributed by atoms with Gasteiger partial charge in [-0.15, -0.1) is 0 Å². The lowest BCUT2D eigenvalue weighted by Gasteiger charge is -2.20. The van der Waals surface area contributed by atoms with E-state index in [9.17, 15) is 19.2 Å². The van der Waals surface area contributed by atoms with Gasteiger partial charge in [-0.3, -0.25) is 0 Å². The van der Waals surface area contributed by atoms with Crippen molar-refractivity contribution in [3.8, 4) is 40.9 Å². The second kappa shape index (κ2) is 18.4. The third kappa shape index (κ3) is 10.4. The van der Waals surface area contributed by atoms with E-state index in [1.54, 1.807) is 48.5 Å². The Hall–Kier alpha value is -6.78. The molecule has 3 aromatic carbocycles. The molecule has 0 unspecified atom stereocenters. The first-order valence-corrected chi connectivity index (χ1v) is 14.4. The lowest BCUT2D eigenvalue weighted by molar-refractivity contribution is -0.139. The number of carbonyl (C=O) groups excluding carboxylic acids is 4. The molecule has 0 aliphatic rings. The van der Waals surface area contributed by atoms with Crippen LogP contribution in [-0.2, 0) is 53.2 Å². The largest absolute Gasteiger partial charge is 0.492 e. The molecule has 0 bridgehead atoms. The first kappa shape index (κ1) is 36.7. The van der Waals surface area contributed by atoms with Crippen molar-refractivity contribution in [2.24, 2.45) is 0 Å². The average Bonchev–Trinajstić information content (AvgIpc) is 3.14. The molecule has 0 aromatic heterocycles. The number of carbonyl (C=O) groups is 4. The van der Waals surface area contributed by atoms with E-state index >= 15 is 0 Å². The van der Waals surface area contributed by atoms with Crippen LogP contribution in [0.1, 0.15) is 38.9 Å². The van der Waals surface area contributed by atoms with Crippen LogP contribution in [-0.4, -0.2) is 38.1 Å². The van der Waals surface area contributed by atoms with E-state index in [4.69, 9.17) is 28.4 Å². The highest BCUT2D eigenvalue weighted by atomic mass is 16.6. The summed E-state index contributed by atoms with van der Waals surface area (Å²) in [5.74, 6) is 9.53. The van der Waals surface area contributed by atoms with Crippen LogP contribution in [0.2, 0.25) is 0 Å². The molecule has 0 fully saturated rings. The summed E-state index contributed by atoms with van der Waals surface area (Å²) in [6.07, 6.45) is 4.10. The minimum absolute atomic E-state index is 0.0514. The molecule has 0 N–H and O–H groups in total. The highest BCUT2D eigenvalue weighted by Crippen LogP contribution is 2.44. The van der Waals surface area contributed by atoms with Gasteiger partial charge < -0.3 is 28.4 Å². The quantitative estimate of drug-likeness (QED) is 0.0787. The number of methoxy groups -OCH3 is 2. The fraction of sp³-hybridized carbons (Fsp3) is 0.128. The van der Waals surface area contributed by atoms with Gasteiger partial charge in [-0.1, -0.05) is 74.3 Å². The molecule has 0 saturated heterocycles. The topological polar surface area (TPSA) is 124 Å². The van der Waals surface area contributed by atoms with Crippen LogP contribution in [0.15, 0.2) is 99.2 Å². The number of esters is 4. The molecule has 0 spiro atoms. The van der Waals surface area contributed by atoms with Crippen LogP contribution in [0.5, 0.6) is 17.2 Å². The maximum absolute atomic E-state index is 12.6. The summed E-state index contributed by atoms with van der Waals surface area (Å²) in [5, 5.41) is 0. The van der Waals surface area contributed by atoms with E-state index in [1.165, 1.54) is 14.2 Å². The van der Waals surface area contributed by atoms with Gasteiger partial charge in [0.25, 0.3) is 0 Å². The van der Waals surface area contributed by atoms with E-state index in [-0.39, 0.29) is 47.2 Å². The molecule has 10 heteroatoms. The Morgan fingerprint density at radius 3 is 1.33 bits per heavy atom. The standard InChI is InChI=1S/C39H32O10/c1-7-33(40)46-23-28-15-11-26(12-16-28)19-21-30-32(25-48-35(42)9-3)37(49-36(43)10-4)31(39(45-6)38(30)44-5)22-20-27-13-17-29(18-14-27)24-47-34(41)8-2/h7-18H,1-4,23-25H2,5-6H3. The molecule has 0 amide bonds. The van der Waals surface area contributed by atoms with Crippen LogP contribution < -0.4 is 14.2 Å². The Labute approximate surface area is 284 Å². The number of rotatable bonds is 13. The molecule has 3 rings (SSSR count). The zero-order valence-corrected chi connectivity index (χ0v) is 27.0. The van der Waals surface area contributed by atoms with E-state index < -0.39 is 30.5 Å². The lowest BCUT2D eigenvalue weighted by Crippen LogP contribution is -2.13. The number of hydrogen-bond acceptors (Lipinski definition) is 10. The predicted molar refractivity (Wildman–Crippen MR) is 180 cm³/mol. The van der Waals surface area contributed by atoms with E-state index in [2.05, 4.69) is 50.0 Å². The normalized spacial score (nSPS) is 9.59. The molecular formula is C39H32O10. The van der Waals surface area contributed by atoms with Crippen LogP contribution >= 0.6 is 0 Å². The molecule has 10 nitrogen and oxygen atoms in total. The van der Waals surface area contributed by atoms with Gasteiger partial charge in [0.1, 0.15) is 25.4 Å². The molecule has 0 aliphatic heterocycles. The molecule has 248 valence electrons. The number of benzene rings is 3. The Kier molecular flexibility index (Phi) is 13.8.